The van der Waals surface area contributed by atoms with Gasteiger partial charge in [-0.1, -0.05) is 30.3 Å². The van der Waals surface area contributed by atoms with Crippen molar-refractivity contribution in [1.82, 2.24) is 10.3 Å². The van der Waals surface area contributed by atoms with E-state index in [1.807, 2.05) is 31.2 Å². The van der Waals surface area contributed by atoms with Gasteiger partial charge in [0.2, 0.25) is 5.91 Å². The number of benzene rings is 1. The van der Waals surface area contributed by atoms with Crippen molar-refractivity contribution in [3.63, 3.8) is 0 Å². The molecule has 2 unspecified atom stereocenters. The summed E-state index contributed by atoms with van der Waals surface area (Å²) in [5.74, 6) is -1.35. The van der Waals surface area contributed by atoms with Gasteiger partial charge in [-0.2, -0.15) is 0 Å². The number of hydrogen-bond donors (Lipinski definition) is 1. The highest BCUT2D eigenvalue weighted by atomic mass is 19.3. The first kappa shape index (κ1) is 24.2. The number of anilines is 1. The number of aryl methyl sites for hydroxylation is 1. The molecule has 2 fully saturated rings. The van der Waals surface area contributed by atoms with Crippen molar-refractivity contribution in [1.29, 1.82) is 0 Å². The molecule has 2 aliphatic rings. The summed E-state index contributed by atoms with van der Waals surface area (Å²) in [7, 11) is 0. The van der Waals surface area contributed by atoms with Crippen LogP contribution in [-0.2, 0) is 11.2 Å². The molecule has 3 atom stereocenters. The number of nitrogens with one attached hydrogen (secondary N) is 1. The third kappa shape index (κ3) is 6.13. The lowest BCUT2D eigenvalue weighted by Gasteiger charge is -2.18. The SMILES string of the molecule is C=CCNC(=O)C(C)c1ccc(CC[C@@H]2CCN(c3ccc(OCC4CC4(F)F)cn3)C2)cc1. The molecule has 1 saturated carbocycles. The predicted octanol–water partition coefficient (Wildman–Crippen LogP) is 4.98. The maximum atomic E-state index is 13.0. The highest BCUT2D eigenvalue weighted by Gasteiger charge is 2.57. The molecule has 1 aliphatic heterocycles. The Balaban J connectivity index is 1.20. The number of hydrogen-bond acceptors (Lipinski definition) is 4. The molecule has 4 rings (SSSR count). The third-order valence-electron chi connectivity index (χ3n) is 6.87. The minimum atomic E-state index is -2.56. The molecule has 1 amide bonds. The van der Waals surface area contributed by atoms with Crippen molar-refractivity contribution >= 4 is 11.7 Å². The second-order valence-corrected chi connectivity index (χ2v) is 9.46. The lowest BCUT2D eigenvalue weighted by Crippen LogP contribution is -2.27. The number of carbonyl (C=O) groups excluding carboxylic acids is 1. The number of halogens is 2. The summed E-state index contributed by atoms with van der Waals surface area (Å²) in [6, 6.07) is 12.1. The second kappa shape index (κ2) is 10.5. The van der Waals surface area contributed by atoms with Crippen molar-refractivity contribution < 1.29 is 18.3 Å². The van der Waals surface area contributed by atoms with Crippen LogP contribution < -0.4 is 15.0 Å². The molecule has 5 nitrogen and oxygen atoms in total. The van der Waals surface area contributed by atoms with Crippen LogP contribution in [-0.4, -0.2) is 43.1 Å². The zero-order valence-corrected chi connectivity index (χ0v) is 19.7. The van der Waals surface area contributed by atoms with Gasteiger partial charge >= 0.3 is 0 Å². The quantitative estimate of drug-likeness (QED) is 0.472. The Bertz CT molecular complexity index is 978. The summed E-state index contributed by atoms with van der Waals surface area (Å²) >= 11 is 0. The van der Waals surface area contributed by atoms with E-state index in [0.29, 0.717) is 18.2 Å². The fourth-order valence-corrected chi connectivity index (χ4v) is 4.39. The molecule has 1 saturated heterocycles. The van der Waals surface area contributed by atoms with Crippen LogP contribution in [0.15, 0.2) is 55.3 Å². The Morgan fingerprint density at radius 2 is 2.09 bits per heavy atom. The molecule has 0 bridgehead atoms. The predicted molar refractivity (Wildman–Crippen MR) is 129 cm³/mol. The van der Waals surface area contributed by atoms with Crippen molar-refractivity contribution in [3.8, 4) is 5.75 Å². The molecule has 1 aromatic carbocycles. The van der Waals surface area contributed by atoms with Gasteiger partial charge in [-0.15, -0.1) is 6.58 Å². The van der Waals surface area contributed by atoms with Crippen LogP contribution in [0.2, 0.25) is 0 Å². The van der Waals surface area contributed by atoms with Gasteiger partial charge < -0.3 is 15.0 Å². The minimum absolute atomic E-state index is 0.0105. The highest BCUT2D eigenvalue weighted by molar-refractivity contribution is 5.83. The van der Waals surface area contributed by atoms with Crippen LogP contribution in [0.4, 0.5) is 14.6 Å². The fourth-order valence-electron chi connectivity index (χ4n) is 4.39. The number of carbonyl (C=O) groups is 1. The molecule has 0 radical (unpaired) electrons. The standard InChI is InChI=1S/C27H33F2N3O2/c1-3-13-30-26(33)19(2)22-8-6-20(7-9-22)4-5-21-12-14-32(17-21)25-11-10-24(16-31-25)34-18-23-15-27(23,28)29/h3,6-11,16,19,21,23H,1,4-5,12-15,17-18H2,2H3,(H,30,33)/t19?,21-,23?/m1/s1. The summed E-state index contributed by atoms with van der Waals surface area (Å²) in [4.78, 5) is 18.9. The topological polar surface area (TPSA) is 54.5 Å². The van der Waals surface area contributed by atoms with E-state index in [0.717, 1.165) is 43.7 Å². The molecule has 1 aliphatic carbocycles. The van der Waals surface area contributed by atoms with Crippen molar-refractivity contribution in [2.45, 2.75) is 44.4 Å². The zero-order valence-electron chi connectivity index (χ0n) is 19.7. The molecular formula is C27H33F2N3O2. The number of ether oxygens (including phenoxy) is 1. The van der Waals surface area contributed by atoms with E-state index in [2.05, 4.69) is 33.9 Å². The number of alkyl halides is 2. The van der Waals surface area contributed by atoms with E-state index >= 15 is 0 Å². The van der Waals surface area contributed by atoms with Crippen LogP contribution in [0.1, 0.15) is 43.2 Å². The van der Waals surface area contributed by atoms with Crippen molar-refractivity contribution in [3.05, 3.63) is 66.4 Å². The van der Waals surface area contributed by atoms with E-state index in [1.54, 1.807) is 12.3 Å². The van der Waals surface area contributed by atoms with Crippen LogP contribution in [0, 0.1) is 11.8 Å². The van der Waals surface area contributed by atoms with Gasteiger partial charge in [0, 0.05) is 26.1 Å². The van der Waals surface area contributed by atoms with E-state index in [9.17, 15) is 13.6 Å². The Morgan fingerprint density at radius 3 is 2.74 bits per heavy atom. The first-order valence-corrected chi connectivity index (χ1v) is 12.0. The first-order chi connectivity index (χ1) is 16.4. The molecule has 1 N–H and O–H groups in total. The summed E-state index contributed by atoms with van der Waals surface area (Å²) in [5.41, 5.74) is 2.29. The van der Waals surface area contributed by atoms with Gasteiger partial charge in [0.1, 0.15) is 11.6 Å². The molecule has 182 valence electrons. The largest absolute Gasteiger partial charge is 0.491 e. The van der Waals surface area contributed by atoms with Gasteiger partial charge in [-0.25, -0.2) is 13.8 Å². The monoisotopic (exact) mass is 469 g/mol. The normalized spacial score (nSPS) is 21.7. The number of aromatic nitrogens is 1. The van der Waals surface area contributed by atoms with Gasteiger partial charge in [0.15, 0.2) is 0 Å². The smallest absolute Gasteiger partial charge is 0.255 e. The number of pyridine rings is 1. The summed E-state index contributed by atoms with van der Waals surface area (Å²) in [5, 5.41) is 2.84. The number of amides is 1. The van der Waals surface area contributed by atoms with Crippen LogP contribution in [0.3, 0.4) is 0 Å². The van der Waals surface area contributed by atoms with E-state index in [4.69, 9.17) is 4.74 Å². The minimum Gasteiger partial charge on any atom is -0.491 e. The Kier molecular flexibility index (Phi) is 7.49. The maximum absolute atomic E-state index is 13.0. The molecule has 7 heteroatoms. The van der Waals surface area contributed by atoms with Crippen molar-refractivity contribution in [2.75, 3.05) is 31.1 Å². The average molecular weight is 470 g/mol. The molecule has 1 aromatic heterocycles. The summed E-state index contributed by atoms with van der Waals surface area (Å²) in [6.45, 7) is 7.99. The molecule has 34 heavy (non-hydrogen) atoms. The molecule has 2 heterocycles. The third-order valence-corrected chi connectivity index (χ3v) is 6.87. The van der Waals surface area contributed by atoms with Crippen LogP contribution in [0.5, 0.6) is 5.75 Å². The zero-order chi connectivity index (χ0) is 24.1. The van der Waals surface area contributed by atoms with E-state index in [-0.39, 0.29) is 24.9 Å². The molecule has 2 aromatic rings. The Morgan fingerprint density at radius 1 is 1.32 bits per heavy atom. The maximum Gasteiger partial charge on any atom is 0.255 e. The first-order valence-electron chi connectivity index (χ1n) is 12.0. The van der Waals surface area contributed by atoms with Gasteiger partial charge in [0.05, 0.1) is 24.6 Å². The van der Waals surface area contributed by atoms with E-state index < -0.39 is 11.8 Å². The van der Waals surface area contributed by atoms with Crippen LogP contribution in [0.25, 0.3) is 0 Å². The summed E-state index contributed by atoms with van der Waals surface area (Å²) in [6.07, 6.45) is 6.45. The molecular weight excluding hydrogens is 436 g/mol. The molecule has 0 spiro atoms. The average Bonchev–Trinajstić information content (AvgIpc) is 3.22. The second-order valence-electron chi connectivity index (χ2n) is 9.46. The van der Waals surface area contributed by atoms with Crippen molar-refractivity contribution in [2.24, 2.45) is 11.8 Å². The number of nitrogens with zero attached hydrogens (tertiary/aromatic N) is 2. The Hall–Kier alpha value is -2.96. The van der Waals surface area contributed by atoms with E-state index in [1.165, 1.54) is 5.56 Å². The summed E-state index contributed by atoms with van der Waals surface area (Å²) < 4.78 is 31.4. The van der Waals surface area contributed by atoms with Gasteiger partial charge in [0.25, 0.3) is 5.92 Å². The number of rotatable bonds is 11. The lowest BCUT2D eigenvalue weighted by atomic mass is 9.95. The fraction of sp³-hybridized carbons (Fsp3) is 0.481. The Labute approximate surface area is 200 Å². The van der Waals surface area contributed by atoms with Crippen LogP contribution >= 0.6 is 0 Å². The van der Waals surface area contributed by atoms with Gasteiger partial charge in [-0.3, -0.25) is 4.79 Å². The van der Waals surface area contributed by atoms with Gasteiger partial charge in [-0.05, 0) is 55.4 Å². The highest BCUT2D eigenvalue weighted by Crippen LogP contribution is 2.48. The lowest BCUT2D eigenvalue weighted by molar-refractivity contribution is -0.122.